The number of hydrogen-bond donors (Lipinski definition) is 0. The summed E-state index contributed by atoms with van der Waals surface area (Å²) in [6.07, 6.45) is 0.655. The fourth-order valence-electron chi connectivity index (χ4n) is 2.90. The molecule has 0 radical (unpaired) electrons. The van der Waals surface area contributed by atoms with Gasteiger partial charge in [0.1, 0.15) is 11.5 Å². The summed E-state index contributed by atoms with van der Waals surface area (Å²) in [5.41, 5.74) is 2.17. The zero-order valence-electron chi connectivity index (χ0n) is 15.8. The van der Waals surface area contributed by atoms with Gasteiger partial charge in [-0.2, -0.15) is 5.10 Å². The first-order valence-corrected chi connectivity index (χ1v) is 8.44. The number of amides is 1. The van der Waals surface area contributed by atoms with E-state index in [-0.39, 0.29) is 5.91 Å². The number of hydrazone groups is 1. The summed E-state index contributed by atoms with van der Waals surface area (Å²) in [5, 5.41) is 5.96. The van der Waals surface area contributed by atoms with E-state index < -0.39 is 0 Å². The van der Waals surface area contributed by atoms with Gasteiger partial charge in [-0.05, 0) is 30.3 Å². The van der Waals surface area contributed by atoms with Crippen LogP contribution in [0.3, 0.4) is 0 Å². The Labute approximate surface area is 158 Å². The lowest BCUT2D eigenvalue weighted by molar-refractivity contribution is 0.0777. The molecule has 0 saturated carbocycles. The molecule has 1 aliphatic rings. The van der Waals surface area contributed by atoms with Crippen molar-refractivity contribution in [2.45, 2.75) is 6.42 Å². The fraction of sp³-hybridized carbons (Fsp3) is 0.300. The SMILES string of the molecule is COc1cc(OC)cc(C(=O)N2CCC(c3ccc(OC)c(OC)c3)=N2)c1. The smallest absolute Gasteiger partial charge is 0.274 e. The fourth-order valence-corrected chi connectivity index (χ4v) is 2.90. The first-order valence-electron chi connectivity index (χ1n) is 8.44. The van der Waals surface area contributed by atoms with Crippen molar-refractivity contribution < 1.29 is 23.7 Å². The Morgan fingerprint density at radius 2 is 1.56 bits per heavy atom. The van der Waals surface area contributed by atoms with Gasteiger partial charge in [-0.25, -0.2) is 5.01 Å². The Hall–Kier alpha value is -3.22. The molecular formula is C20H22N2O5. The molecule has 1 heterocycles. The topological polar surface area (TPSA) is 69.6 Å². The van der Waals surface area contributed by atoms with Gasteiger partial charge in [-0.1, -0.05) is 0 Å². The Kier molecular flexibility index (Phi) is 5.49. The van der Waals surface area contributed by atoms with Crippen molar-refractivity contribution in [1.82, 2.24) is 5.01 Å². The number of carbonyl (C=O) groups is 1. The monoisotopic (exact) mass is 370 g/mol. The average molecular weight is 370 g/mol. The van der Waals surface area contributed by atoms with Crippen LogP contribution < -0.4 is 18.9 Å². The largest absolute Gasteiger partial charge is 0.497 e. The molecule has 2 aromatic carbocycles. The first kappa shape index (κ1) is 18.6. The number of nitrogens with zero attached hydrogens (tertiary/aromatic N) is 2. The Morgan fingerprint density at radius 1 is 0.889 bits per heavy atom. The molecular weight excluding hydrogens is 348 g/mol. The quantitative estimate of drug-likeness (QED) is 0.782. The molecule has 7 heteroatoms. The minimum Gasteiger partial charge on any atom is -0.497 e. The van der Waals surface area contributed by atoms with E-state index in [9.17, 15) is 4.79 Å². The second-order valence-electron chi connectivity index (χ2n) is 5.90. The summed E-state index contributed by atoms with van der Waals surface area (Å²) in [6.45, 7) is 0.502. The predicted molar refractivity (Wildman–Crippen MR) is 101 cm³/mol. The molecule has 1 aliphatic heterocycles. The van der Waals surface area contributed by atoms with Gasteiger partial charge in [-0.3, -0.25) is 4.79 Å². The van der Waals surface area contributed by atoms with Crippen molar-refractivity contribution >= 4 is 11.6 Å². The second-order valence-corrected chi connectivity index (χ2v) is 5.90. The summed E-state index contributed by atoms with van der Waals surface area (Å²) in [4.78, 5) is 12.8. The molecule has 27 heavy (non-hydrogen) atoms. The minimum absolute atomic E-state index is 0.206. The average Bonchev–Trinajstić information content (AvgIpc) is 3.22. The third-order valence-electron chi connectivity index (χ3n) is 4.35. The number of methoxy groups -OCH3 is 4. The molecule has 0 fully saturated rings. The lowest BCUT2D eigenvalue weighted by atomic mass is 10.1. The maximum Gasteiger partial charge on any atom is 0.274 e. The maximum atomic E-state index is 12.8. The van der Waals surface area contributed by atoms with E-state index in [4.69, 9.17) is 18.9 Å². The summed E-state index contributed by atoms with van der Waals surface area (Å²) in [7, 11) is 6.27. The number of ether oxygens (including phenoxy) is 4. The molecule has 7 nitrogen and oxygen atoms in total. The first-order chi connectivity index (χ1) is 13.1. The molecule has 0 unspecified atom stereocenters. The van der Waals surface area contributed by atoms with Gasteiger partial charge in [0.2, 0.25) is 0 Å². The minimum atomic E-state index is -0.206. The van der Waals surface area contributed by atoms with Gasteiger partial charge < -0.3 is 18.9 Å². The number of benzene rings is 2. The maximum absolute atomic E-state index is 12.8. The number of rotatable bonds is 6. The van der Waals surface area contributed by atoms with Gasteiger partial charge in [0.15, 0.2) is 11.5 Å². The van der Waals surface area contributed by atoms with E-state index >= 15 is 0 Å². The van der Waals surface area contributed by atoms with E-state index in [1.165, 1.54) is 5.01 Å². The lowest BCUT2D eigenvalue weighted by Crippen LogP contribution is -2.23. The third kappa shape index (κ3) is 3.81. The molecule has 0 saturated heterocycles. The summed E-state index contributed by atoms with van der Waals surface area (Å²) in [6, 6.07) is 10.7. The highest BCUT2D eigenvalue weighted by Gasteiger charge is 2.24. The summed E-state index contributed by atoms with van der Waals surface area (Å²) < 4.78 is 21.1. The van der Waals surface area contributed by atoms with Gasteiger partial charge in [0.25, 0.3) is 5.91 Å². The van der Waals surface area contributed by atoms with Crippen LogP contribution in [0.5, 0.6) is 23.0 Å². The molecule has 2 aromatic rings. The molecule has 142 valence electrons. The van der Waals surface area contributed by atoms with Crippen LogP contribution in [0.1, 0.15) is 22.3 Å². The lowest BCUT2D eigenvalue weighted by Gasteiger charge is -2.13. The zero-order chi connectivity index (χ0) is 19.4. The van der Waals surface area contributed by atoms with Crippen LogP contribution in [0.15, 0.2) is 41.5 Å². The van der Waals surface area contributed by atoms with Crippen molar-refractivity contribution in [1.29, 1.82) is 0 Å². The van der Waals surface area contributed by atoms with E-state index in [1.807, 2.05) is 18.2 Å². The van der Waals surface area contributed by atoms with E-state index in [1.54, 1.807) is 46.6 Å². The standard InChI is InChI=1S/C20H22N2O5/c1-24-15-9-14(10-16(12-15)25-2)20(23)22-8-7-17(21-22)13-5-6-18(26-3)19(11-13)27-4/h5-6,9-12H,7-8H2,1-4H3. The van der Waals surface area contributed by atoms with Crippen LogP contribution in [0.25, 0.3) is 0 Å². The van der Waals surface area contributed by atoms with Gasteiger partial charge >= 0.3 is 0 Å². The number of carbonyl (C=O) groups excluding carboxylic acids is 1. The molecule has 0 N–H and O–H groups in total. The molecule has 0 atom stereocenters. The second kappa shape index (κ2) is 7.99. The normalized spacial score (nSPS) is 13.2. The van der Waals surface area contributed by atoms with Crippen molar-refractivity contribution in [3.05, 3.63) is 47.5 Å². The molecule has 0 aliphatic carbocycles. The number of hydrogen-bond acceptors (Lipinski definition) is 6. The third-order valence-corrected chi connectivity index (χ3v) is 4.35. The van der Waals surface area contributed by atoms with Crippen LogP contribution in [-0.2, 0) is 0 Å². The Balaban J connectivity index is 1.86. The van der Waals surface area contributed by atoms with Crippen LogP contribution in [0.2, 0.25) is 0 Å². The van der Waals surface area contributed by atoms with E-state index in [0.29, 0.717) is 41.5 Å². The van der Waals surface area contributed by atoms with Crippen molar-refractivity contribution in [3.8, 4) is 23.0 Å². The van der Waals surface area contributed by atoms with Gasteiger partial charge in [0, 0.05) is 23.6 Å². The Morgan fingerprint density at radius 3 is 2.15 bits per heavy atom. The molecule has 1 amide bonds. The predicted octanol–water partition coefficient (Wildman–Crippen LogP) is 2.97. The molecule has 0 spiro atoms. The van der Waals surface area contributed by atoms with Gasteiger partial charge in [0.05, 0.1) is 40.7 Å². The van der Waals surface area contributed by atoms with E-state index in [2.05, 4.69) is 5.10 Å². The van der Waals surface area contributed by atoms with Gasteiger partial charge in [-0.15, -0.1) is 0 Å². The highest BCUT2D eigenvalue weighted by Crippen LogP contribution is 2.30. The summed E-state index contributed by atoms with van der Waals surface area (Å²) >= 11 is 0. The van der Waals surface area contributed by atoms with E-state index in [0.717, 1.165) is 11.3 Å². The highest BCUT2D eigenvalue weighted by molar-refractivity contribution is 6.05. The van der Waals surface area contributed by atoms with Crippen LogP contribution in [-0.4, -0.2) is 51.6 Å². The molecule has 0 bridgehead atoms. The van der Waals surface area contributed by atoms with Crippen molar-refractivity contribution in [2.75, 3.05) is 35.0 Å². The Bertz CT molecular complexity index is 856. The van der Waals surface area contributed by atoms with Crippen LogP contribution in [0, 0.1) is 0 Å². The highest BCUT2D eigenvalue weighted by atomic mass is 16.5. The van der Waals surface area contributed by atoms with Crippen LogP contribution in [0.4, 0.5) is 0 Å². The van der Waals surface area contributed by atoms with Crippen molar-refractivity contribution in [2.24, 2.45) is 5.10 Å². The molecule has 0 aromatic heterocycles. The molecule has 3 rings (SSSR count). The van der Waals surface area contributed by atoms with Crippen molar-refractivity contribution in [3.63, 3.8) is 0 Å². The van der Waals surface area contributed by atoms with Crippen LogP contribution >= 0.6 is 0 Å². The zero-order valence-corrected chi connectivity index (χ0v) is 15.8. The summed E-state index contributed by atoms with van der Waals surface area (Å²) in [5.74, 6) is 2.18.